The number of aromatic nitrogens is 1. The van der Waals surface area contributed by atoms with Gasteiger partial charge in [-0.1, -0.05) is 18.2 Å². The van der Waals surface area contributed by atoms with Crippen LogP contribution in [0.2, 0.25) is 0 Å². The number of aromatic amines is 1. The molecule has 138 valence electrons. The van der Waals surface area contributed by atoms with Gasteiger partial charge in [0.15, 0.2) is 0 Å². The number of benzene rings is 2. The van der Waals surface area contributed by atoms with Crippen molar-refractivity contribution in [1.82, 2.24) is 4.98 Å². The van der Waals surface area contributed by atoms with Crippen molar-refractivity contribution in [2.24, 2.45) is 0 Å². The number of anilines is 2. The number of hydrogen-bond acceptors (Lipinski definition) is 3. The van der Waals surface area contributed by atoms with Gasteiger partial charge in [-0.2, -0.15) is 0 Å². The molecule has 5 nitrogen and oxygen atoms in total. The number of amides is 1. The quantitative estimate of drug-likeness (QED) is 0.538. The summed E-state index contributed by atoms with van der Waals surface area (Å²) < 4.78 is 0. The van der Waals surface area contributed by atoms with E-state index in [9.17, 15) is 9.59 Å². The lowest BCUT2D eigenvalue weighted by molar-refractivity contribution is -0.112. The summed E-state index contributed by atoms with van der Waals surface area (Å²) in [6.45, 7) is 3.96. The number of aryl methyl sites for hydroxylation is 1. The molecule has 0 atom stereocenters. The minimum atomic E-state index is -0.617. The van der Waals surface area contributed by atoms with Crippen molar-refractivity contribution in [3.8, 4) is 0 Å². The summed E-state index contributed by atoms with van der Waals surface area (Å²) in [5.41, 5.74) is 3.79. The molecule has 27 heavy (non-hydrogen) atoms. The molecule has 0 saturated carbocycles. The molecule has 2 N–H and O–H groups in total. The van der Waals surface area contributed by atoms with Gasteiger partial charge in [-0.3, -0.25) is 9.59 Å². The zero-order valence-corrected chi connectivity index (χ0v) is 15.4. The second-order valence-electron chi connectivity index (χ2n) is 7.05. The van der Waals surface area contributed by atoms with E-state index < -0.39 is 11.7 Å². The van der Waals surface area contributed by atoms with E-state index in [1.54, 1.807) is 0 Å². The van der Waals surface area contributed by atoms with Gasteiger partial charge < -0.3 is 15.2 Å². The maximum absolute atomic E-state index is 12.7. The predicted octanol–water partition coefficient (Wildman–Crippen LogP) is 4.29. The maximum atomic E-state index is 12.7. The zero-order chi connectivity index (χ0) is 18.8. The number of hydrogen-bond donors (Lipinski definition) is 2. The number of Topliss-reactive ketones (excluding diaryl/α,β-unsaturated/α-hetero) is 1. The van der Waals surface area contributed by atoms with Crippen LogP contribution in [-0.2, 0) is 4.79 Å². The first-order chi connectivity index (χ1) is 13.1. The summed E-state index contributed by atoms with van der Waals surface area (Å²) in [5, 5.41) is 3.50. The summed E-state index contributed by atoms with van der Waals surface area (Å²) in [4.78, 5) is 30.7. The lowest BCUT2D eigenvalue weighted by Crippen LogP contribution is -2.29. The van der Waals surface area contributed by atoms with E-state index in [0.29, 0.717) is 16.9 Å². The minimum Gasteiger partial charge on any atom is -0.372 e. The average Bonchev–Trinajstić information content (AvgIpc) is 3.04. The van der Waals surface area contributed by atoms with Crippen LogP contribution in [0.15, 0.2) is 48.5 Å². The fourth-order valence-corrected chi connectivity index (χ4v) is 3.78. The Morgan fingerprint density at radius 3 is 2.41 bits per heavy atom. The van der Waals surface area contributed by atoms with Gasteiger partial charge in [0.05, 0.1) is 5.56 Å². The topological polar surface area (TPSA) is 65.2 Å². The molecule has 2 heterocycles. The highest BCUT2D eigenvalue weighted by molar-refractivity contribution is 6.48. The van der Waals surface area contributed by atoms with Gasteiger partial charge in [0.25, 0.3) is 11.7 Å². The van der Waals surface area contributed by atoms with Crippen LogP contribution in [0.5, 0.6) is 0 Å². The maximum Gasteiger partial charge on any atom is 0.296 e. The summed E-state index contributed by atoms with van der Waals surface area (Å²) in [6, 6.07) is 15.2. The van der Waals surface area contributed by atoms with E-state index in [1.807, 2.05) is 55.5 Å². The number of ketones is 1. The third-order valence-electron chi connectivity index (χ3n) is 5.17. The van der Waals surface area contributed by atoms with Crippen LogP contribution in [0.3, 0.4) is 0 Å². The second kappa shape index (κ2) is 7.27. The molecule has 4 rings (SSSR count). The summed E-state index contributed by atoms with van der Waals surface area (Å²) in [7, 11) is 0. The van der Waals surface area contributed by atoms with Crippen molar-refractivity contribution >= 4 is 34.0 Å². The SMILES string of the molecule is Cc1[nH]c2ccccc2c1C(=O)C(=O)Nc1ccc(N2CCCCC2)cc1. The van der Waals surface area contributed by atoms with E-state index in [1.165, 1.54) is 19.3 Å². The first-order valence-corrected chi connectivity index (χ1v) is 9.41. The molecule has 5 heteroatoms. The molecule has 1 amide bonds. The van der Waals surface area contributed by atoms with Gasteiger partial charge in [0, 0.05) is 41.1 Å². The highest BCUT2D eigenvalue weighted by atomic mass is 16.2. The Labute approximate surface area is 158 Å². The molecule has 1 aliphatic rings. The summed E-state index contributed by atoms with van der Waals surface area (Å²) in [5.74, 6) is -1.14. The van der Waals surface area contributed by atoms with Gasteiger partial charge in [0.1, 0.15) is 0 Å². The van der Waals surface area contributed by atoms with E-state index >= 15 is 0 Å². The number of carbonyl (C=O) groups is 2. The van der Waals surface area contributed by atoms with Crippen LogP contribution < -0.4 is 10.2 Å². The van der Waals surface area contributed by atoms with Crippen molar-refractivity contribution in [2.45, 2.75) is 26.2 Å². The number of rotatable bonds is 4. The molecule has 0 bridgehead atoms. The predicted molar refractivity (Wildman–Crippen MR) is 109 cm³/mol. The van der Waals surface area contributed by atoms with Crippen molar-refractivity contribution < 1.29 is 9.59 Å². The van der Waals surface area contributed by atoms with Gasteiger partial charge in [-0.05, 0) is 56.5 Å². The monoisotopic (exact) mass is 361 g/mol. The van der Waals surface area contributed by atoms with E-state index in [0.717, 1.165) is 29.7 Å². The highest BCUT2D eigenvalue weighted by Gasteiger charge is 2.22. The third-order valence-corrected chi connectivity index (χ3v) is 5.17. The Bertz CT molecular complexity index is 982. The number of H-pyrrole nitrogens is 1. The van der Waals surface area contributed by atoms with Crippen LogP contribution >= 0.6 is 0 Å². The molecule has 1 aliphatic heterocycles. The number of carbonyl (C=O) groups excluding carboxylic acids is 2. The van der Waals surface area contributed by atoms with Gasteiger partial charge in [0.2, 0.25) is 0 Å². The second-order valence-corrected chi connectivity index (χ2v) is 7.05. The largest absolute Gasteiger partial charge is 0.372 e. The van der Waals surface area contributed by atoms with E-state index in [4.69, 9.17) is 0 Å². The van der Waals surface area contributed by atoms with Crippen molar-refractivity contribution in [3.05, 3.63) is 59.8 Å². The number of piperidine rings is 1. The third kappa shape index (κ3) is 3.45. The normalized spacial score (nSPS) is 14.3. The van der Waals surface area contributed by atoms with E-state index in [2.05, 4.69) is 15.2 Å². The molecule has 1 aromatic heterocycles. The van der Waals surface area contributed by atoms with Crippen LogP contribution in [0.4, 0.5) is 11.4 Å². The van der Waals surface area contributed by atoms with Crippen molar-refractivity contribution in [1.29, 1.82) is 0 Å². The number of nitrogens with one attached hydrogen (secondary N) is 2. The first kappa shape index (κ1) is 17.3. The molecule has 2 aromatic carbocycles. The molecular weight excluding hydrogens is 338 g/mol. The molecular formula is C22H23N3O2. The average molecular weight is 361 g/mol. The number of fused-ring (bicyclic) bond motifs is 1. The molecule has 0 unspecified atom stereocenters. The Hall–Kier alpha value is -3.08. The smallest absolute Gasteiger partial charge is 0.296 e. The molecule has 1 fully saturated rings. The van der Waals surface area contributed by atoms with Crippen LogP contribution in [-0.4, -0.2) is 29.8 Å². The number of nitrogens with zero attached hydrogens (tertiary/aromatic N) is 1. The Kier molecular flexibility index (Phi) is 4.67. The number of para-hydroxylation sites is 1. The zero-order valence-electron chi connectivity index (χ0n) is 15.4. The molecule has 0 spiro atoms. The van der Waals surface area contributed by atoms with Crippen LogP contribution in [0.25, 0.3) is 10.9 Å². The fraction of sp³-hybridized carbons (Fsp3) is 0.273. The Balaban J connectivity index is 1.50. The van der Waals surface area contributed by atoms with Crippen molar-refractivity contribution in [2.75, 3.05) is 23.3 Å². The summed E-state index contributed by atoms with van der Waals surface area (Å²) >= 11 is 0. The standard InChI is InChI=1S/C22H23N3O2/c1-15-20(18-7-3-4-8-19(18)23-15)21(26)22(27)24-16-9-11-17(12-10-16)25-13-5-2-6-14-25/h3-4,7-12,23H,2,5-6,13-14H2,1H3,(H,24,27). The Morgan fingerprint density at radius 2 is 1.67 bits per heavy atom. The molecule has 0 aliphatic carbocycles. The molecule has 1 saturated heterocycles. The van der Waals surface area contributed by atoms with Gasteiger partial charge in [-0.15, -0.1) is 0 Å². The summed E-state index contributed by atoms with van der Waals surface area (Å²) in [6.07, 6.45) is 3.73. The molecule has 3 aromatic rings. The van der Waals surface area contributed by atoms with Gasteiger partial charge in [-0.25, -0.2) is 0 Å². The minimum absolute atomic E-state index is 0.438. The van der Waals surface area contributed by atoms with Crippen LogP contribution in [0.1, 0.15) is 35.3 Å². The highest BCUT2D eigenvalue weighted by Crippen LogP contribution is 2.24. The van der Waals surface area contributed by atoms with Crippen molar-refractivity contribution in [3.63, 3.8) is 0 Å². The lowest BCUT2D eigenvalue weighted by Gasteiger charge is -2.28. The Morgan fingerprint density at radius 1 is 0.963 bits per heavy atom. The van der Waals surface area contributed by atoms with Gasteiger partial charge >= 0.3 is 0 Å². The van der Waals surface area contributed by atoms with Crippen LogP contribution in [0, 0.1) is 6.92 Å². The first-order valence-electron chi connectivity index (χ1n) is 9.41. The lowest BCUT2D eigenvalue weighted by atomic mass is 10.1. The fourth-order valence-electron chi connectivity index (χ4n) is 3.78. The molecule has 0 radical (unpaired) electrons. The van der Waals surface area contributed by atoms with E-state index in [-0.39, 0.29) is 0 Å².